The molecule has 0 radical (unpaired) electrons. The topological polar surface area (TPSA) is 67.2 Å². The Morgan fingerprint density at radius 2 is 2.00 bits per heavy atom. The van der Waals surface area contributed by atoms with Crippen LogP contribution in [0, 0.1) is 6.92 Å². The summed E-state index contributed by atoms with van der Waals surface area (Å²) in [5, 5.41) is 7.14. The van der Waals surface area contributed by atoms with Crippen molar-refractivity contribution in [2.24, 2.45) is 7.05 Å². The molecule has 0 bridgehead atoms. The SMILES string of the molecule is Cc1cc(C(=O)N2CCCCCCNC(=O)CC2)nn1C. The smallest absolute Gasteiger partial charge is 0.274 e. The van der Waals surface area contributed by atoms with Gasteiger partial charge in [0, 0.05) is 38.8 Å². The van der Waals surface area contributed by atoms with Gasteiger partial charge in [0.25, 0.3) is 5.91 Å². The van der Waals surface area contributed by atoms with E-state index in [1.165, 1.54) is 0 Å². The van der Waals surface area contributed by atoms with E-state index < -0.39 is 0 Å². The first-order valence-electron chi connectivity index (χ1n) is 7.64. The summed E-state index contributed by atoms with van der Waals surface area (Å²) in [6, 6.07) is 1.80. The molecule has 116 valence electrons. The first kappa shape index (κ1) is 15.5. The highest BCUT2D eigenvalue weighted by Gasteiger charge is 2.20. The van der Waals surface area contributed by atoms with Crippen LogP contribution in [0.5, 0.6) is 0 Å². The summed E-state index contributed by atoms with van der Waals surface area (Å²) in [5.41, 5.74) is 1.42. The second-order valence-corrected chi connectivity index (χ2v) is 5.60. The highest BCUT2D eigenvalue weighted by atomic mass is 16.2. The maximum atomic E-state index is 12.5. The van der Waals surface area contributed by atoms with Crippen molar-refractivity contribution in [3.05, 3.63) is 17.5 Å². The third-order valence-corrected chi connectivity index (χ3v) is 3.91. The normalized spacial score (nSPS) is 18.0. The molecule has 6 heteroatoms. The van der Waals surface area contributed by atoms with Crippen molar-refractivity contribution in [1.29, 1.82) is 0 Å². The molecular formula is C15H24N4O2. The van der Waals surface area contributed by atoms with Crippen molar-refractivity contribution in [2.75, 3.05) is 19.6 Å². The number of rotatable bonds is 1. The fourth-order valence-electron chi connectivity index (χ4n) is 2.48. The van der Waals surface area contributed by atoms with Crippen molar-refractivity contribution in [2.45, 2.75) is 39.0 Å². The number of aryl methyl sites for hydroxylation is 2. The van der Waals surface area contributed by atoms with Gasteiger partial charge in [-0.05, 0) is 25.8 Å². The van der Waals surface area contributed by atoms with Crippen LogP contribution in [0.1, 0.15) is 48.3 Å². The van der Waals surface area contributed by atoms with Gasteiger partial charge < -0.3 is 10.2 Å². The summed E-state index contributed by atoms with van der Waals surface area (Å²) >= 11 is 0. The molecule has 0 aliphatic carbocycles. The fraction of sp³-hybridized carbons (Fsp3) is 0.667. The van der Waals surface area contributed by atoms with Gasteiger partial charge in [-0.1, -0.05) is 12.8 Å². The van der Waals surface area contributed by atoms with Gasteiger partial charge in [-0.3, -0.25) is 14.3 Å². The molecule has 0 saturated carbocycles. The van der Waals surface area contributed by atoms with E-state index in [0.717, 1.165) is 37.9 Å². The molecule has 2 amide bonds. The molecule has 0 unspecified atom stereocenters. The molecule has 0 spiro atoms. The Hall–Kier alpha value is -1.85. The Morgan fingerprint density at radius 1 is 1.24 bits per heavy atom. The van der Waals surface area contributed by atoms with Crippen LogP contribution in [-0.2, 0) is 11.8 Å². The van der Waals surface area contributed by atoms with Crippen molar-refractivity contribution < 1.29 is 9.59 Å². The van der Waals surface area contributed by atoms with Crippen LogP contribution in [0.2, 0.25) is 0 Å². The number of hydrogen-bond donors (Lipinski definition) is 1. The van der Waals surface area contributed by atoms with E-state index in [9.17, 15) is 9.59 Å². The fourth-order valence-corrected chi connectivity index (χ4v) is 2.48. The molecule has 1 N–H and O–H groups in total. The van der Waals surface area contributed by atoms with E-state index in [-0.39, 0.29) is 11.8 Å². The maximum Gasteiger partial charge on any atom is 0.274 e. The molecule has 1 aromatic heterocycles. The molecule has 2 rings (SSSR count). The summed E-state index contributed by atoms with van der Waals surface area (Å²) in [6.45, 7) is 3.82. The summed E-state index contributed by atoms with van der Waals surface area (Å²) in [5.74, 6) is -0.0577. The van der Waals surface area contributed by atoms with Gasteiger partial charge in [0.2, 0.25) is 5.91 Å². The van der Waals surface area contributed by atoms with Gasteiger partial charge in [-0.25, -0.2) is 0 Å². The second kappa shape index (κ2) is 7.24. The number of hydrogen-bond acceptors (Lipinski definition) is 3. The molecule has 1 aliphatic heterocycles. The maximum absolute atomic E-state index is 12.5. The predicted molar refractivity (Wildman–Crippen MR) is 79.9 cm³/mol. The second-order valence-electron chi connectivity index (χ2n) is 5.60. The Kier molecular flexibility index (Phi) is 5.36. The molecule has 1 aromatic rings. The Bertz CT molecular complexity index is 490. The zero-order chi connectivity index (χ0) is 15.2. The van der Waals surface area contributed by atoms with Crippen molar-refractivity contribution in [1.82, 2.24) is 20.0 Å². The van der Waals surface area contributed by atoms with Crippen LogP contribution in [-0.4, -0.2) is 46.1 Å². The van der Waals surface area contributed by atoms with Gasteiger partial charge in [-0.15, -0.1) is 0 Å². The van der Waals surface area contributed by atoms with Crippen LogP contribution in [0.15, 0.2) is 6.07 Å². The van der Waals surface area contributed by atoms with Crippen molar-refractivity contribution in [3.8, 4) is 0 Å². The van der Waals surface area contributed by atoms with E-state index in [0.29, 0.717) is 25.2 Å². The van der Waals surface area contributed by atoms with Gasteiger partial charge in [0.05, 0.1) is 0 Å². The Morgan fingerprint density at radius 3 is 2.71 bits per heavy atom. The van der Waals surface area contributed by atoms with Gasteiger partial charge >= 0.3 is 0 Å². The number of aromatic nitrogens is 2. The van der Waals surface area contributed by atoms with Crippen LogP contribution < -0.4 is 5.32 Å². The van der Waals surface area contributed by atoms with E-state index >= 15 is 0 Å². The third kappa shape index (κ3) is 4.31. The molecule has 1 fully saturated rings. The molecule has 1 saturated heterocycles. The number of nitrogens with one attached hydrogen (secondary N) is 1. The lowest BCUT2D eigenvalue weighted by Crippen LogP contribution is -2.36. The van der Waals surface area contributed by atoms with E-state index in [2.05, 4.69) is 10.4 Å². The summed E-state index contributed by atoms with van der Waals surface area (Å²) in [6.07, 6.45) is 4.52. The molecular weight excluding hydrogens is 268 g/mol. The minimum atomic E-state index is -0.0780. The zero-order valence-electron chi connectivity index (χ0n) is 12.9. The zero-order valence-corrected chi connectivity index (χ0v) is 12.9. The standard InChI is InChI=1S/C15H24N4O2/c1-12-11-13(17-18(12)2)15(21)19-9-6-4-3-5-8-16-14(20)7-10-19/h11H,3-10H2,1-2H3,(H,16,20). The van der Waals surface area contributed by atoms with E-state index in [1.54, 1.807) is 15.6 Å². The van der Waals surface area contributed by atoms with Crippen molar-refractivity contribution in [3.63, 3.8) is 0 Å². The Labute approximate surface area is 125 Å². The third-order valence-electron chi connectivity index (χ3n) is 3.91. The van der Waals surface area contributed by atoms with E-state index in [4.69, 9.17) is 0 Å². The molecule has 1 aliphatic rings. The van der Waals surface area contributed by atoms with Crippen LogP contribution in [0.4, 0.5) is 0 Å². The summed E-state index contributed by atoms with van der Waals surface area (Å²) < 4.78 is 1.70. The average molecular weight is 292 g/mol. The van der Waals surface area contributed by atoms with Gasteiger partial charge in [0.15, 0.2) is 5.69 Å². The first-order chi connectivity index (χ1) is 10.1. The van der Waals surface area contributed by atoms with E-state index in [1.807, 2.05) is 14.0 Å². The van der Waals surface area contributed by atoms with Crippen LogP contribution in [0.3, 0.4) is 0 Å². The lowest BCUT2D eigenvalue weighted by Gasteiger charge is -2.21. The van der Waals surface area contributed by atoms with Crippen LogP contribution >= 0.6 is 0 Å². The monoisotopic (exact) mass is 292 g/mol. The lowest BCUT2D eigenvalue weighted by atomic mass is 10.2. The van der Waals surface area contributed by atoms with Crippen LogP contribution in [0.25, 0.3) is 0 Å². The largest absolute Gasteiger partial charge is 0.356 e. The first-order valence-corrected chi connectivity index (χ1v) is 7.64. The molecule has 0 aromatic carbocycles. The molecule has 2 heterocycles. The molecule has 21 heavy (non-hydrogen) atoms. The minimum absolute atomic E-state index is 0.0203. The highest BCUT2D eigenvalue weighted by molar-refractivity contribution is 5.92. The Balaban J connectivity index is 2.05. The number of nitrogens with zero attached hydrogens (tertiary/aromatic N) is 3. The number of carbonyl (C=O) groups excluding carboxylic acids is 2. The summed E-state index contributed by atoms with van der Waals surface area (Å²) in [7, 11) is 1.83. The lowest BCUT2D eigenvalue weighted by molar-refractivity contribution is -0.121. The number of amides is 2. The minimum Gasteiger partial charge on any atom is -0.356 e. The molecule has 6 nitrogen and oxygen atoms in total. The average Bonchev–Trinajstić information content (AvgIpc) is 2.77. The quantitative estimate of drug-likeness (QED) is 0.847. The highest BCUT2D eigenvalue weighted by Crippen LogP contribution is 2.10. The van der Waals surface area contributed by atoms with Crippen molar-refractivity contribution >= 4 is 11.8 Å². The molecule has 0 atom stereocenters. The van der Waals surface area contributed by atoms with Gasteiger partial charge in [-0.2, -0.15) is 5.10 Å². The predicted octanol–water partition coefficient (Wildman–Crippen LogP) is 1.25. The number of carbonyl (C=O) groups is 2. The van der Waals surface area contributed by atoms with Gasteiger partial charge in [0.1, 0.15) is 0 Å². The summed E-state index contributed by atoms with van der Waals surface area (Å²) in [4.78, 5) is 26.0.